The number of rotatable bonds is 4. The summed E-state index contributed by atoms with van der Waals surface area (Å²) in [7, 11) is 0. The summed E-state index contributed by atoms with van der Waals surface area (Å²) in [5, 5.41) is 0. The maximum atomic E-state index is 13.0. The maximum absolute atomic E-state index is 13.0. The van der Waals surface area contributed by atoms with E-state index in [-0.39, 0.29) is 24.3 Å². The number of hydrogen-bond acceptors (Lipinski definition) is 3. The molecule has 0 N–H and O–H groups in total. The first kappa shape index (κ1) is 16.1. The van der Waals surface area contributed by atoms with Crippen molar-refractivity contribution in [1.82, 2.24) is 0 Å². The van der Waals surface area contributed by atoms with Crippen molar-refractivity contribution in [3.05, 3.63) is 65.2 Å². The van der Waals surface area contributed by atoms with Gasteiger partial charge in [0.15, 0.2) is 6.23 Å². The highest BCUT2D eigenvalue weighted by atomic mass is 19.4. The first-order valence-electron chi connectivity index (χ1n) is 7.78. The van der Waals surface area contributed by atoms with E-state index in [2.05, 4.69) is 0 Å². The number of hydrogen-bond donors (Lipinski definition) is 0. The summed E-state index contributed by atoms with van der Waals surface area (Å²) in [4.78, 5) is 14.0. The van der Waals surface area contributed by atoms with Crippen LogP contribution in [-0.2, 0) is 15.7 Å². The van der Waals surface area contributed by atoms with Crippen LogP contribution in [0.2, 0.25) is 0 Å². The van der Waals surface area contributed by atoms with E-state index < -0.39 is 18.0 Å². The van der Waals surface area contributed by atoms with Crippen molar-refractivity contribution in [2.24, 2.45) is 0 Å². The molecule has 2 unspecified atom stereocenters. The van der Waals surface area contributed by atoms with Crippen LogP contribution in [0, 0.1) is 0 Å². The summed E-state index contributed by atoms with van der Waals surface area (Å²) >= 11 is 0. The standard InChI is InChI=1S/C18H14F3NO3/c19-18(20,21)11-4-3-5-12(8-11)22-16(23)14-6-1-2-7-15(14)17(22)25-10-13-9-24-13/h1-8,13,17H,9-10H2. The quantitative estimate of drug-likeness (QED) is 0.789. The molecule has 0 aliphatic carbocycles. The number of benzene rings is 2. The number of ether oxygens (including phenoxy) is 2. The van der Waals surface area contributed by atoms with Gasteiger partial charge in [0.1, 0.15) is 6.10 Å². The van der Waals surface area contributed by atoms with Gasteiger partial charge in [-0.2, -0.15) is 13.2 Å². The minimum absolute atomic E-state index is 0.0220. The molecule has 2 aliphatic heterocycles. The molecule has 2 aromatic carbocycles. The van der Waals surface area contributed by atoms with E-state index >= 15 is 0 Å². The molecule has 7 heteroatoms. The summed E-state index contributed by atoms with van der Waals surface area (Å²) in [6.45, 7) is 0.869. The van der Waals surface area contributed by atoms with Gasteiger partial charge in [0.05, 0.1) is 18.8 Å². The second-order valence-corrected chi connectivity index (χ2v) is 5.95. The van der Waals surface area contributed by atoms with Crippen molar-refractivity contribution in [1.29, 1.82) is 0 Å². The summed E-state index contributed by atoms with van der Waals surface area (Å²) < 4.78 is 50.0. The van der Waals surface area contributed by atoms with Gasteiger partial charge in [-0.05, 0) is 24.3 Å². The highest BCUT2D eigenvalue weighted by molar-refractivity contribution is 6.10. The van der Waals surface area contributed by atoms with Crippen molar-refractivity contribution >= 4 is 11.6 Å². The number of anilines is 1. The molecule has 25 heavy (non-hydrogen) atoms. The number of carbonyl (C=O) groups excluding carboxylic acids is 1. The number of halogens is 3. The Kier molecular flexibility index (Phi) is 3.77. The predicted octanol–water partition coefficient (Wildman–Crippen LogP) is 3.78. The van der Waals surface area contributed by atoms with Crippen molar-refractivity contribution in [3.63, 3.8) is 0 Å². The Morgan fingerprint density at radius 1 is 1.16 bits per heavy atom. The molecule has 0 aromatic heterocycles. The van der Waals surface area contributed by atoms with E-state index in [1.807, 2.05) is 0 Å². The van der Waals surface area contributed by atoms with Gasteiger partial charge < -0.3 is 9.47 Å². The molecular formula is C18H14F3NO3. The molecule has 130 valence electrons. The third kappa shape index (κ3) is 3.01. The number of fused-ring (bicyclic) bond motifs is 1. The van der Waals surface area contributed by atoms with Crippen LogP contribution in [0.4, 0.5) is 18.9 Å². The third-order valence-corrected chi connectivity index (χ3v) is 4.20. The molecule has 2 heterocycles. The summed E-state index contributed by atoms with van der Waals surface area (Å²) in [6.07, 6.45) is -5.27. The van der Waals surface area contributed by atoms with Crippen molar-refractivity contribution in [2.75, 3.05) is 18.1 Å². The van der Waals surface area contributed by atoms with Gasteiger partial charge in [-0.3, -0.25) is 9.69 Å². The van der Waals surface area contributed by atoms with Crippen molar-refractivity contribution in [2.45, 2.75) is 18.5 Å². The van der Waals surface area contributed by atoms with E-state index in [0.29, 0.717) is 17.7 Å². The molecule has 2 aliphatic rings. The molecule has 0 radical (unpaired) electrons. The summed E-state index contributed by atoms with van der Waals surface area (Å²) in [5.41, 5.74) is 0.419. The number of nitrogens with zero attached hydrogens (tertiary/aromatic N) is 1. The number of carbonyl (C=O) groups is 1. The lowest BCUT2D eigenvalue weighted by Crippen LogP contribution is -2.30. The van der Waals surface area contributed by atoms with Crippen LogP contribution < -0.4 is 4.90 Å². The fourth-order valence-electron chi connectivity index (χ4n) is 2.89. The topological polar surface area (TPSA) is 42.1 Å². The molecule has 0 bridgehead atoms. The minimum Gasteiger partial charge on any atom is -0.371 e. The highest BCUT2D eigenvalue weighted by Gasteiger charge is 2.40. The van der Waals surface area contributed by atoms with Gasteiger partial charge >= 0.3 is 6.18 Å². The largest absolute Gasteiger partial charge is 0.416 e. The zero-order chi connectivity index (χ0) is 17.6. The Morgan fingerprint density at radius 2 is 1.92 bits per heavy atom. The average molecular weight is 349 g/mol. The molecule has 1 fully saturated rings. The second kappa shape index (κ2) is 5.86. The van der Waals surface area contributed by atoms with Gasteiger partial charge in [-0.1, -0.05) is 24.3 Å². The lowest BCUT2D eigenvalue weighted by atomic mass is 10.1. The molecule has 2 aromatic rings. The zero-order valence-electron chi connectivity index (χ0n) is 13.0. The third-order valence-electron chi connectivity index (χ3n) is 4.20. The summed E-state index contributed by atoms with van der Waals surface area (Å²) in [6, 6.07) is 11.6. The molecule has 1 amide bonds. The van der Waals surface area contributed by atoms with E-state index in [1.165, 1.54) is 17.0 Å². The normalized spacial score (nSPS) is 22.2. The SMILES string of the molecule is O=C1c2ccccc2C(OCC2CO2)N1c1cccc(C(F)(F)F)c1. The Hall–Kier alpha value is -2.38. The van der Waals surface area contributed by atoms with Gasteiger partial charge in [0.2, 0.25) is 0 Å². The van der Waals surface area contributed by atoms with Crippen LogP contribution >= 0.6 is 0 Å². The lowest BCUT2D eigenvalue weighted by Gasteiger charge is -2.26. The Bertz CT molecular complexity index is 817. The molecule has 1 saturated heterocycles. The Morgan fingerprint density at radius 3 is 2.64 bits per heavy atom. The van der Waals surface area contributed by atoms with E-state index in [1.54, 1.807) is 24.3 Å². The van der Waals surface area contributed by atoms with Crippen molar-refractivity contribution < 1.29 is 27.4 Å². The average Bonchev–Trinajstić information content (AvgIpc) is 3.37. The highest BCUT2D eigenvalue weighted by Crippen LogP contribution is 2.40. The lowest BCUT2D eigenvalue weighted by molar-refractivity contribution is -0.137. The van der Waals surface area contributed by atoms with Crippen LogP contribution in [-0.4, -0.2) is 25.2 Å². The number of alkyl halides is 3. The van der Waals surface area contributed by atoms with Gasteiger partial charge in [0.25, 0.3) is 5.91 Å². The Labute approximate surface area is 141 Å². The smallest absolute Gasteiger partial charge is 0.371 e. The van der Waals surface area contributed by atoms with Crippen LogP contribution in [0.15, 0.2) is 48.5 Å². The molecule has 0 spiro atoms. The number of amides is 1. The fourth-order valence-corrected chi connectivity index (χ4v) is 2.89. The van der Waals surface area contributed by atoms with Gasteiger partial charge in [0, 0.05) is 16.8 Å². The van der Waals surface area contributed by atoms with Crippen LogP contribution in [0.5, 0.6) is 0 Å². The van der Waals surface area contributed by atoms with Crippen LogP contribution in [0.25, 0.3) is 0 Å². The van der Waals surface area contributed by atoms with Crippen LogP contribution in [0.3, 0.4) is 0 Å². The Balaban J connectivity index is 1.72. The monoisotopic (exact) mass is 349 g/mol. The first-order chi connectivity index (χ1) is 11.9. The van der Waals surface area contributed by atoms with Gasteiger partial charge in [-0.25, -0.2) is 0 Å². The van der Waals surface area contributed by atoms with Crippen LogP contribution in [0.1, 0.15) is 27.7 Å². The van der Waals surface area contributed by atoms with E-state index in [9.17, 15) is 18.0 Å². The molecular weight excluding hydrogens is 335 g/mol. The fraction of sp³-hybridized carbons (Fsp3) is 0.278. The second-order valence-electron chi connectivity index (χ2n) is 5.95. The molecule has 0 saturated carbocycles. The van der Waals surface area contributed by atoms with E-state index in [0.717, 1.165) is 12.1 Å². The van der Waals surface area contributed by atoms with Crippen molar-refractivity contribution in [3.8, 4) is 0 Å². The molecule has 2 atom stereocenters. The first-order valence-corrected chi connectivity index (χ1v) is 7.78. The van der Waals surface area contributed by atoms with Gasteiger partial charge in [-0.15, -0.1) is 0 Å². The molecule has 4 nitrogen and oxygen atoms in total. The minimum atomic E-state index is -4.48. The van der Waals surface area contributed by atoms with E-state index in [4.69, 9.17) is 9.47 Å². The predicted molar refractivity (Wildman–Crippen MR) is 83.1 cm³/mol. The number of epoxide rings is 1. The summed E-state index contributed by atoms with van der Waals surface area (Å²) in [5.74, 6) is -0.378. The molecule has 4 rings (SSSR count). The zero-order valence-corrected chi connectivity index (χ0v) is 13.0. The maximum Gasteiger partial charge on any atom is 0.416 e.